The van der Waals surface area contributed by atoms with E-state index in [0.29, 0.717) is 41.3 Å². The first-order chi connectivity index (χ1) is 15.1. The minimum Gasteiger partial charge on any atom is -0.404 e. The van der Waals surface area contributed by atoms with Gasteiger partial charge in [0, 0.05) is 0 Å². The average Bonchev–Trinajstić information content (AvgIpc) is 2.67. The summed E-state index contributed by atoms with van der Waals surface area (Å²) in [5.74, 6) is 3.51. The van der Waals surface area contributed by atoms with E-state index in [-0.39, 0.29) is 12.2 Å². The minimum atomic E-state index is -3.77. The zero-order valence-electron chi connectivity index (χ0n) is 21.5. The fourth-order valence-electron chi connectivity index (χ4n) is 5.88. The second kappa shape index (κ2) is 11.2. The predicted molar refractivity (Wildman–Crippen MR) is 132 cm³/mol. The average molecular weight is 467 g/mol. The molecule has 0 aliphatic heterocycles. The maximum Gasteiger partial charge on any atom is 0.530 e. The summed E-state index contributed by atoms with van der Waals surface area (Å²) < 4.78 is 33.5. The maximum absolute atomic E-state index is 14.3. The summed E-state index contributed by atoms with van der Waals surface area (Å²) >= 11 is 0. The molecule has 0 aromatic rings. The molecule has 2 fully saturated rings. The molecule has 32 heavy (non-hydrogen) atoms. The molecule has 0 amide bonds. The molecule has 0 N–H and O–H groups in total. The summed E-state index contributed by atoms with van der Waals surface area (Å²) in [6.07, 6.45) is 12.2. The Balaban J connectivity index is 1.86. The van der Waals surface area contributed by atoms with E-state index < -0.39 is 7.82 Å². The van der Waals surface area contributed by atoms with Crippen molar-refractivity contribution < 1.29 is 18.1 Å². The molecule has 0 aromatic carbocycles. The highest BCUT2D eigenvalue weighted by Crippen LogP contribution is 2.58. The zero-order chi connectivity index (χ0) is 23.5. The lowest BCUT2D eigenvalue weighted by Gasteiger charge is -2.41. The van der Waals surface area contributed by atoms with Crippen LogP contribution in [0.3, 0.4) is 0 Å². The minimum absolute atomic E-state index is 0.0858. The van der Waals surface area contributed by atoms with Gasteiger partial charge in [-0.25, -0.2) is 4.57 Å². The number of rotatable bonds is 8. The number of phosphoric ester groups is 1. The number of hydrogen-bond acceptors (Lipinski definition) is 4. The Labute approximate surface area is 197 Å². The van der Waals surface area contributed by atoms with Crippen LogP contribution >= 0.6 is 7.82 Å². The normalized spacial score (nSPS) is 34.4. The molecular formula is C27H47O4P. The Hall–Kier alpha value is -0.570. The molecule has 0 radical (unpaired) electrons. The van der Waals surface area contributed by atoms with Crippen LogP contribution in [-0.2, 0) is 18.1 Å². The first kappa shape index (κ1) is 26.0. The summed E-state index contributed by atoms with van der Waals surface area (Å²) in [6.45, 7) is 15.6. The lowest BCUT2D eigenvalue weighted by Crippen LogP contribution is -2.36. The van der Waals surface area contributed by atoms with Gasteiger partial charge >= 0.3 is 7.82 Å². The molecule has 0 bridgehead atoms. The van der Waals surface area contributed by atoms with Crippen molar-refractivity contribution in [3.05, 3.63) is 23.5 Å². The van der Waals surface area contributed by atoms with Crippen LogP contribution in [0, 0.1) is 35.5 Å². The second-order valence-corrected chi connectivity index (χ2v) is 13.1. The monoisotopic (exact) mass is 466 g/mol. The van der Waals surface area contributed by atoms with E-state index in [9.17, 15) is 4.57 Å². The fourth-order valence-corrected chi connectivity index (χ4v) is 7.55. The van der Waals surface area contributed by atoms with Crippen molar-refractivity contribution >= 4 is 7.82 Å². The highest BCUT2D eigenvalue weighted by atomic mass is 31.2. The van der Waals surface area contributed by atoms with Gasteiger partial charge in [0.2, 0.25) is 0 Å². The van der Waals surface area contributed by atoms with Crippen molar-refractivity contribution in [2.45, 2.75) is 112 Å². The molecule has 3 rings (SSSR count). The third-order valence-corrected chi connectivity index (χ3v) is 9.43. The van der Waals surface area contributed by atoms with Crippen LogP contribution in [-0.4, -0.2) is 12.2 Å². The molecule has 4 nitrogen and oxygen atoms in total. The number of allylic oxidation sites excluding steroid dienone is 3. The van der Waals surface area contributed by atoms with Gasteiger partial charge in [0.1, 0.15) is 5.76 Å². The topological polar surface area (TPSA) is 44.8 Å². The van der Waals surface area contributed by atoms with Gasteiger partial charge in [-0.15, -0.1) is 0 Å². The molecule has 0 unspecified atom stereocenters. The number of hydrogen-bond donors (Lipinski definition) is 0. The van der Waals surface area contributed by atoms with Crippen molar-refractivity contribution in [2.24, 2.45) is 35.5 Å². The van der Waals surface area contributed by atoms with Gasteiger partial charge in [0.15, 0.2) is 0 Å². The molecular weight excluding hydrogens is 419 g/mol. The largest absolute Gasteiger partial charge is 0.530 e. The van der Waals surface area contributed by atoms with Gasteiger partial charge in [-0.05, 0) is 93.1 Å². The van der Waals surface area contributed by atoms with E-state index in [0.717, 1.165) is 38.5 Å². The molecule has 3 aliphatic carbocycles. The van der Waals surface area contributed by atoms with E-state index in [1.165, 1.54) is 18.4 Å². The molecule has 3 aliphatic rings. The molecule has 0 heterocycles. The van der Waals surface area contributed by atoms with Gasteiger partial charge in [0.25, 0.3) is 0 Å². The van der Waals surface area contributed by atoms with E-state index in [1.807, 2.05) is 12.2 Å². The summed E-state index contributed by atoms with van der Waals surface area (Å²) in [5, 5.41) is 0. The van der Waals surface area contributed by atoms with Crippen molar-refractivity contribution in [3.63, 3.8) is 0 Å². The van der Waals surface area contributed by atoms with Gasteiger partial charge in [-0.2, -0.15) is 0 Å². The van der Waals surface area contributed by atoms with E-state index in [2.05, 4.69) is 48.5 Å². The Kier molecular flexibility index (Phi) is 9.14. The lowest BCUT2D eigenvalue weighted by atomic mass is 9.75. The fraction of sp³-hybridized carbons (Fsp3) is 0.852. The van der Waals surface area contributed by atoms with Crippen molar-refractivity contribution in [3.8, 4) is 0 Å². The van der Waals surface area contributed by atoms with Crippen LogP contribution in [0.5, 0.6) is 0 Å². The smallest absolute Gasteiger partial charge is 0.404 e. The van der Waals surface area contributed by atoms with Crippen LogP contribution in [0.15, 0.2) is 23.5 Å². The molecule has 184 valence electrons. The highest BCUT2D eigenvalue weighted by molar-refractivity contribution is 7.48. The second-order valence-electron chi connectivity index (χ2n) is 11.6. The Morgan fingerprint density at radius 2 is 1.38 bits per heavy atom. The summed E-state index contributed by atoms with van der Waals surface area (Å²) in [4.78, 5) is 0. The van der Waals surface area contributed by atoms with Crippen LogP contribution in [0.1, 0.15) is 99.8 Å². The summed E-state index contributed by atoms with van der Waals surface area (Å²) in [7, 11) is -3.77. The van der Waals surface area contributed by atoms with E-state index >= 15 is 0 Å². The molecule has 2 saturated carbocycles. The van der Waals surface area contributed by atoms with Gasteiger partial charge in [-0.3, -0.25) is 9.05 Å². The van der Waals surface area contributed by atoms with E-state index in [1.54, 1.807) is 0 Å². The Morgan fingerprint density at radius 1 is 0.875 bits per heavy atom. The van der Waals surface area contributed by atoms with Crippen molar-refractivity contribution in [1.82, 2.24) is 0 Å². The van der Waals surface area contributed by atoms with Crippen LogP contribution < -0.4 is 0 Å². The molecule has 5 heteroatoms. The summed E-state index contributed by atoms with van der Waals surface area (Å²) in [6, 6.07) is 0. The van der Waals surface area contributed by atoms with Crippen molar-refractivity contribution in [2.75, 3.05) is 0 Å². The zero-order valence-corrected chi connectivity index (χ0v) is 22.4. The molecule has 6 atom stereocenters. The molecule has 0 spiro atoms. The van der Waals surface area contributed by atoms with Gasteiger partial charge < -0.3 is 4.52 Å². The lowest BCUT2D eigenvalue weighted by molar-refractivity contribution is -0.0252. The van der Waals surface area contributed by atoms with Gasteiger partial charge in [0.05, 0.1) is 12.2 Å². The molecule has 0 saturated heterocycles. The van der Waals surface area contributed by atoms with Crippen LogP contribution in [0.2, 0.25) is 0 Å². The standard InChI is InChI=1S/C27H47O4P/c1-18(2)24-13-11-21(6)16-26(24)30-32(28,29-23-10-8-9-20(5)15-23)31-27-17-22(7)12-14-25(27)19(3)4/h10,15,18-19,21-22,24-27H,8-9,11-14,16-17H2,1-7H3/t21-,22-,24+,25+,26-,27-/m1/s1. The Morgan fingerprint density at radius 3 is 1.81 bits per heavy atom. The van der Waals surface area contributed by atoms with Crippen LogP contribution in [0.25, 0.3) is 0 Å². The highest BCUT2D eigenvalue weighted by Gasteiger charge is 2.44. The molecule has 0 aromatic heterocycles. The van der Waals surface area contributed by atoms with Crippen LogP contribution in [0.4, 0.5) is 0 Å². The first-order valence-electron chi connectivity index (χ1n) is 13.1. The Bertz CT molecular complexity index is 687. The first-order valence-corrected chi connectivity index (χ1v) is 14.6. The van der Waals surface area contributed by atoms with Gasteiger partial charge in [-0.1, -0.05) is 60.0 Å². The van der Waals surface area contributed by atoms with Crippen molar-refractivity contribution in [1.29, 1.82) is 0 Å². The predicted octanol–water partition coefficient (Wildman–Crippen LogP) is 8.69. The summed E-state index contributed by atoms with van der Waals surface area (Å²) in [5.41, 5.74) is 1.24. The third-order valence-electron chi connectivity index (χ3n) is 7.94. The SMILES string of the molecule is CC1=CC(OP(=O)(O[C@@H]2C[C@H](C)CC[C@H]2C(C)C)O[C@@H]2C[C@H](C)CC[C@H]2C(C)C)=CCC1. The quantitative estimate of drug-likeness (QED) is 0.336. The number of phosphoric acid groups is 1. The van der Waals surface area contributed by atoms with E-state index in [4.69, 9.17) is 13.6 Å². The third kappa shape index (κ3) is 6.97. The maximum atomic E-state index is 14.3.